The van der Waals surface area contributed by atoms with E-state index >= 15 is 0 Å². The van der Waals surface area contributed by atoms with Crippen molar-refractivity contribution in [3.8, 4) is 21.1 Å². The van der Waals surface area contributed by atoms with Gasteiger partial charge in [-0.1, -0.05) is 12.1 Å². The SMILES string of the molecule is CS(=O)(=O)NCCc1ccc(-c2csc(-c3cccc(NC(=O)C4CC4)c3)n2)s1. The van der Waals surface area contributed by atoms with E-state index in [0.29, 0.717) is 13.0 Å². The number of anilines is 1. The quantitative estimate of drug-likeness (QED) is 0.547. The largest absolute Gasteiger partial charge is 0.326 e. The number of nitrogens with zero attached hydrogens (tertiary/aromatic N) is 1. The van der Waals surface area contributed by atoms with E-state index in [9.17, 15) is 13.2 Å². The molecule has 0 bridgehead atoms. The van der Waals surface area contributed by atoms with Crippen molar-refractivity contribution in [2.24, 2.45) is 5.92 Å². The van der Waals surface area contributed by atoms with E-state index in [2.05, 4.69) is 10.0 Å². The Morgan fingerprint density at radius 2 is 2.07 bits per heavy atom. The van der Waals surface area contributed by atoms with E-state index in [1.54, 1.807) is 22.7 Å². The molecule has 29 heavy (non-hydrogen) atoms. The molecule has 1 aliphatic rings. The Morgan fingerprint density at radius 3 is 2.83 bits per heavy atom. The molecule has 4 rings (SSSR count). The maximum absolute atomic E-state index is 12.0. The summed E-state index contributed by atoms with van der Waals surface area (Å²) < 4.78 is 24.8. The van der Waals surface area contributed by atoms with Gasteiger partial charge in [0.1, 0.15) is 5.01 Å². The lowest BCUT2D eigenvalue weighted by Gasteiger charge is -2.05. The van der Waals surface area contributed by atoms with Crippen molar-refractivity contribution >= 4 is 44.3 Å². The first-order chi connectivity index (χ1) is 13.9. The van der Waals surface area contributed by atoms with Crippen molar-refractivity contribution in [1.82, 2.24) is 9.71 Å². The Bertz CT molecular complexity index is 1130. The molecule has 9 heteroatoms. The number of rotatable bonds is 8. The van der Waals surface area contributed by atoms with Crippen molar-refractivity contribution in [3.63, 3.8) is 0 Å². The summed E-state index contributed by atoms with van der Waals surface area (Å²) in [6, 6.07) is 11.8. The van der Waals surface area contributed by atoms with Gasteiger partial charge in [-0.3, -0.25) is 4.79 Å². The van der Waals surface area contributed by atoms with Gasteiger partial charge in [-0.15, -0.1) is 22.7 Å². The van der Waals surface area contributed by atoms with E-state index in [0.717, 1.165) is 50.8 Å². The summed E-state index contributed by atoms with van der Waals surface area (Å²) in [7, 11) is -3.16. The molecule has 1 saturated carbocycles. The molecule has 0 radical (unpaired) electrons. The van der Waals surface area contributed by atoms with Gasteiger partial charge in [0.15, 0.2) is 0 Å². The first kappa shape index (κ1) is 20.2. The third-order valence-corrected chi connectivity index (χ3v) is 7.27. The number of amides is 1. The molecule has 2 aromatic heterocycles. The molecule has 0 aliphatic heterocycles. The summed E-state index contributed by atoms with van der Waals surface area (Å²) in [5.41, 5.74) is 2.68. The van der Waals surface area contributed by atoms with Gasteiger partial charge in [0.25, 0.3) is 0 Å². The first-order valence-corrected chi connectivity index (χ1v) is 12.9. The Labute approximate surface area is 178 Å². The van der Waals surface area contributed by atoms with Gasteiger partial charge in [0.2, 0.25) is 15.9 Å². The zero-order valence-corrected chi connectivity index (χ0v) is 18.3. The predicted molar refractivity (Wildman–Crippen MR) is 119 cm³/mol. The minimum Gasteiger partial charge on any atom is -0.326 e. The summed E-state index contributed by atoms with van der Waals surface area (Å²) in [6.45, 7) is 0.389. The van der Waals surface area contributed by atoms with Gasteiger partial charge < -0.3 is 5.32 Å². The highest BCUT2D eigenvalue weighted by Gasteiger charge is 2.29. The molecule has 2 heterocycles. The lowest BCUT2D eigenvalue weighted by Crippen LogP contribution is -2.23. The minimum atomic E-state index is -3.16. The highest BCUT2D eigenvalue weighted by Crippen LogP contribution is 2.34. The number of carbonyl (C=O) groups is 1. The van der Waals surface area contributed by atoms with Gasteiger partial charge in [-0.2, -0.15) is 0 Å². The monoisotopic (exact) mass is 447 g/mol. The highest BCUT2D eigenvalue weighted by atomic mass is 32.2. The van der Waals surface area contributed by atoms with Crippen LogP contribution in [0.3, 0.4) is 0 Å². The number of aromatic nitrogens is 1. The molecule has 6 nitrogen and oxygen atoms in total. The molecule has 3 aromatic rings. The normalized spacial score (nSPS) is 14.1. The third kappa shape index (κ3) is 5.51. The molecule has 1 amide bonds. The lowest BCUT2D eigenvalue weighted by molar-refractivity contribution is -0.117. The standard InChI is InChI=1S/C20H21N3O3S3/c1-29(25,26)21-10-9-16-7-8-18(28-16)17-12-27-20(23-17)14-3-2-4-15(11-14)22-19(24)13-5-6-13/h2-4,7-8,11-13,21H,5-6,9-10H2,1H3,(H,22,24). The first-order valence-electron chi connectivity index (χ1n) is 9.28. The molecule has 1 fully saturated rings. The maximum atomic E-state index is 12.0. The van der Waals surface area contributed by atoms with Crippen LogP contribution in [0, 0.1) is 5.92 Å². The summed E-state index contributed by atoms with van der Waals surface area (Å²) >= 11 is 3.18. The number of thiazole rings is 1. The van der Waals surface area contributed by atoms with Crippen molar-refractivity contribution in [2.45, 2.75) is 19.3 Å². The van der Waals surface area contributed by atoms with Gasteiger partial charge in [-0.05, 0) is 43.5 Å². The second kappa shape index (κ2) is 8.35. The Hall–Kier alpha value is -2.07. The second-order valence-electron chi connectivity index (χ2n) is 7.06. The molecule has 0 atom stereocenters. The Kier molecular flexibility index (Phi) is 5.82. The number of benzene rings is 1. The fraction of sp³-hybridized carbons (Fsp3) is 0.300. The summed E-state index contributed by atoms with van der Waals surface area (Å²) in [6.07, 6.45) is 3.77. The van der Waals surface area contributed by atoms with E-state index in [1.807, 2.05) is 41.8 Å². The van der Waals surface area contributed by atoms with Crippen LogP contribution >= 0.6 is 22.7 Å². The minimum absolute atomic E-state index is 0.0958. The van der Waals surface area contributed by atoms with Crippen LogP contribution in [0.5, 0.6) is 0 Å². The van der Waals surface area contributed by atoms with Crippen molar-refractivity contribution in [3.05, 3.63) is 46.7 Å². The van der Waals surface area contributed by atoms with Crippen LogP contribution in [0.15, 0.2) is 41.8 Å². The summed E-state index contributed by atoms with van der Waals surface area (Å²) in [4.78, 5) is 18.9. The van der Waals surface area contributed by atoms with Gasteiger partial charge >= 0.3 is 0 Å². The molecule has 0 unspecified atom stereocenters. The van der Waals surface area contributed by atoms with Crippen LogP contribution in [0.1, 0.15) is 17.7 Å². The van der Waals surface area contributed by atoms with Gasteiger partial charge in [0, 0.05) is 34.0 Å². The number of hydrogen-bond acceptors (Lipinski definition) is 6. The summed E-state index contributed by atoms with van der Waals surface area (Å²) in [5.74, 6) is 0.268. The lowest BCUT2D eigenvalue weighted by atomic mass is 10.2. The average Bonchev–Trinajstić information content (AvgIpc) is 3.22. The van der Waals surface area contributed by atoms with Crippen LogP contribution < -0.4 is 10.0 Å². The average molecular weight is 448 g/mol. The molecule has 1 aliphatic carbocycles. The van der Waals surface area contributed by atoms with Crippen LogP contribution in [0.2, 0.25) is 0 Å². The highest BCUT2D eigenvalue weighted by molar-refractivity contribution is 7.88. The van der Waals surface area contributed by atoms with E-state index in [1.165, 1.54) is 0 Å². The number of thiophene rings is 1. The predicted octanol–water partition coefficient (Wildman–Crippen LogP) is 3.98. The van der Waals surface area contributed by atoms with Crippen molar-refractivity contribution < 1.29 is 13.2 Å². The van der Waals surface area contributed by atoms with Crippen molar-refractivity contribution in [2.75, 3.05) is 18.1 Å². The molecule has 152 valence electrons. The molecule has 0 spiro atoms. The van der Waals surface area contributed by atoms with Crippen LogP contribution in [0.4, 0.5) is 5.69 Å². The zero-order chi connectivity index (χ0) is 20.4. The number of hydrogen-bond donors (Lipinski definition) is 2. The van der Waals surface area contributed by atoms with E-state index in [4.69, 9.17) is 4.98 Å². The van der Waals surface area contributed by atoms with Gasteiger partial charge in [0.05, 0.1) is 16.8 Å². The number of nitrogens with one attached hydrogen (secondary N) is 2. The smallest absolute Gasteiger partial charge is 0.227 e. The topological polar surface area (TPSA) is 88.2 Å². The number of carbonyl (C=O) groups excluding carboxylic acids is 1. The van der Waals surface area contributed by atoms with E-state index in [-0.39, 0.29) is 11.8 Å². The zero-order valence-electron chi connectivity index (χ0n) is 15.8. The molecular weight excluding hydrogens is 426 g/mol. The van der Waals surface area contributed by atoms with Crippen LogP contribution in [0.25, 0.3) is 21.1 Å². The fourth-order valence-electron chi connectivity index (χ4n) is 2.85. The summed E-state index contributed by atoms with van der Waals surface area (Å²) in [5, 5.41) is 5.90. The second-order valence-corrected chi connectivity index (χ2v) is 10.9. The van der Waals surface area contributed by atoms with Crippen LogP contribution in [-0.4, -0.2) is 32.1 Å². The maximum Gasteiger partial charge on any atom is 0.227 e. The van der Waals surface area contributed by atoms with E-state index < -0.39 is 10.0 Å². The van der Waals surface area contributed by atoms with Crippen LogP contribution in [-0.2, 0) is 21.2 Å². The fourth-order valence-corrected chi connectivity index (χ4v) is 5.18. The molecule has 0 saturated heterocycles. The Morgan fingerprint density at radius 1 is 1.24 bits per heavy atom. The Balaban J connectivity index is 1.44. The number of sulfonamides is 1. The van der Waals surface area contributed by atoms with Crippen molar-refractivity contribution in [1.29, 1.82) is 0 Å². The molecule has 1 aromatic carbocycles. The van der Waals surface area contributed by atoms with Gasteiger partial charge in [-0.25, -0.2) is 18.1 Å². The third-order valence-electron chi connectivity index (χ3n) is 4.48. The molecular formula is C20H21N3O3S3. The molecule has 2 N–H and O–H groups in total.